The highest BCUT2D eigenvalue weighted by Crippen LogP contribution is 2.46. The predicted molar refractivity (Wildman–Crippen MR) is 176 cm³/mol. The number of aliphatic carboxylic acids is 1. The molecule has 5 rings (SSSR count). The van der Waals surface area contributed by atoms with Crippen LogP contribution in [0.2, 0.25) is 0 Å². The second-order valence-electron chi connectivity index (χ2n) is 14.8. The van der Waals surface area contributed by atoms with E-state index in [-0.39, 0.29) is 48.1 Å². The van der Waals surface area contributed by atoms with Crippen molar-refractivity contribution in [2.24, 2.45) is 22.2 Å². The second-order valence-corrected chi connectivity index (χ2v) is 14.8. The molecule has 2 unspecified atom stereocenters. The van der Waals surface area contributed by atoms with Crippen molar-refractivity contribution in [2.45, 2.75) is 90.1 Å². The zero-order valence-electron chi connectivity index (χ0n) is 29.1. The van der Waals surface area contributed by atoms with Crippen molar-refractivity contribution in [1.29, 1.82) is 0 Å². The summed E-state index contributed by atoms with van der Waals surface area (Å²) < 4.78 is 93.5. The lowest BCUT2D eigenvalue weighted by Crippen LogP contribution is -2.54. The molecule has 2 heterocycles. The number of aromatic amines is 1. The van der Waals surface area contributed by atoms with Crippen LogP contribution in [-0.2, 0) is 25.0 Å². The van der Waals surface area contributed by atoms with Gasteiger partial charge in [-0.3, -0.25) is 9.59 Å². The molecule has 0 saturated heterocycles. The Morgan fingerprint density at radius 3 is 2.35 bits per heavy atom. The third-order valence-corrected chi connectivity index (χ3v) is 9.38. The molecule has 12 nitrogen and oxygen atoms in total. The van der Waals surface area contributed by atoms with Gasteiger partial charge in [0.2, 0.25) is 5.91 Å². The van der Waals surface area contributed by atoms with Gasteiger partial charge in [0, 0.05) is 31.1 Å². The van der Waals surface area contributed by atoms with Crippen LogP contribution in [0.4, 0.5) is 32.0 Å². The van der Waals surface area contributed by atoms with Gasteiger partial charge in [0.1, 0.15) is 22.4 Å². The number of nitrogens with one attached hydrogen (secondary N) is 4. The first-order valence-electron chi connectivity index (χ1n) is 16.3. The number of carboxylic acid groups (broad SMARTS) is 1. The van der Waals surface area contributed by atoms with Crippen LogP contribution in [0.5, 0.6) is 0 Å². The van der Waals surface area contributed by atoms with E-state index in [4.69, 9.17) is 4.74 Å². The van der Waals surface area contributed by atoms with Crippen LogP contribution in [0.15, 0.2) is 45.2 Å². The number of amidine groups is 1. The van der Waals surface area contributed by atoms with Crippen molar-refractivity contribution in [3.05, 3.63) is 57.4 Å². The van der Waals surface area contributed by atoms with Crippen LogP contribution in [0.25, 0.3) is 10.9 Å². The van der Waals surface area contributed by atoms with E-state index in [1.807, 2.05) is 10.3 Å². The maximum Gasteiger partial charge on any atom is 0.331 e. The number of halogens is 6. The number of anilines is 1. The number of H-pyrrole nitrogens is 1. The minimum atomic E-state index is -3.65. The second kappa shape index (κ2) is 12.9. The maximum absolute atomic E-state index is 15.2. The Kier molecular flexibility index (Phi) is 9.54. The van der Waals surface area contributed by atoms with Gasteiger partial charge in [-0.25, -0.2) is 28.3 Å². The van der Waals surface area contributed by atoms with Gasteiger partial charge in [-0.05, 0) is 77.5 Å². The average Bonchev–Trinajstić information content (AvgIpc) is 3.77. The highest BCUT2D eigenvalue weighted by atomic mass is 19.3. The topological polar surface area (TPSA) is 175 Å². The molecular weight excluding hydrogens is 702 g/mol. The Bertz CT molecular complexity index is 2000. The summed E-state index contributed by atoms with van der Waals surface area (Å²) in [5, 5.41) is 16.4. The number of ether oxygens (including phenoxy) is 1. The molecule has 3 aliphatic rings. The molecule has 1 fully saturated rings. The predicted octanol–water partition coefficient (Wildman–Crippen LogP) is 5.42. The Morgan fingerprint density at radius 1 is 1.04 bits per heavy atom. The lowest BCUT2D eigenvalue weighted by Gasteiger charge is -2.38. The standard InChI is InChI=1S/C34H38F6N6O6/c1-30(2,28(49)50)45-17-10-19-22(20(35)11-17)41-26(43-24(19)47)34(39,40)8-7-15-9-16(15)14-52-29(51)31(3,4)46-18-12-21(36)23-32(5,13-18)27(48)44-25(42-23)33(6,37)38/h10-12,15-16,45-46H,7-9,13-14H2,1-6H3,(H,49,50)(H,41,43,47)(H,42,44,48)/t15?,16-,32?/m1/s1. The first-order valence-corrected chi connectivity index (χ1v) is 16.3. The fraction of sp³-hybridized carbons (Fsp3) is 0.529. The van der Waals surface area contributed by atoms with Gasteiger partial charge in [-0.1, -0.05) is 0 Å². The number of alkyl halides is 4. The highest BCUT2D eigenvalue weighted by molar-refractivity contribution is 6.08. The number of rotatable bonds is 13. The number of hydrogen-bond acceptors (Lipinski definition) is 9. The SMILES string of the molecule is CC(F)(F)C1=NC2=C(F)C=C(NC(C)(C)C(=O)OC[C@H]3CC3CCC(F)(F)c3nc4c(F)cc(NC(C)(C)C(=O)O)cc4c(=O)[nH]3)CC2(C)C(=O)N1. The van der Waals surface area contributed by atoms with Crippen molar-refractivity contribution in [1.82, 2.24) is 20.6 Å². The number of aromatic nitrogens is 2. The molecule has 3 atom stereocenters. The highest BCUT2D eigenvalue weighted by Gasteiger charge is 2.50. The van der Waals surface area contributed by atoms with E-state index in [9.17, 15) is 37.5 Å². The van der Waals surface area contributed by atoms with Gasteiger partial charge in [0.05, 0.1) is 23.1 Å². The number of carbonyl (C=O) groups is 3. The molecule has 0 radical (unpaired) electrons. The summed E-state index contributed by atoms with van der Waals surface area (Å²) in [7, 11) is 0. The number of benzene rings is 1. The summed E-state index contributed by atoms with van der Waals surface area (Å²) in [6.07, 6.45) is 0.466. The third-order valence-electron chi connectivity index (χ3n) is 9.38. The van der Waals surface area contributed by atoms with E-state index in [1.165, 1.54) is 34.6 Å². The van der Waals surface area contributed by atoms with Gasteiger partial charge in [0.15, 0.2) is 17.5 Å². The van der Waals surface area contributed by atoms with Gasteiger partial charge in [-0.15, -0.1) is 0 Å². The van der Waals surface area contributed by atoms with Crippen molar-refractivity contribution < 1.29 is 50.6 Å². The van der Waals surface area contributed by atoms with Gasteiger partial charge < -0.3 is 30.8 Å². The molecule has 2 aliphatic carbocycles. The monoisotopic (exact) mass is 740 g/mol. The summed E-state index contributed by atoms with van der Waals surface area (Å²) in [5.41, 5.74) is -6.63. The number of carboxylic acids is 1. The Hall–Kier alpha value is -4.90. The molecule has 0 spiro atoms. The number of amides is 1. The van der Waals surface area contributed by atoms with Crippen LogP contribution in [0, 0.1) is 23.1 Å². The first kappa shape index (κ1) is 38.3. The number of esters is 1. The van der Waals surface area contributed by atoms with Crippen molar-refractivity contribution >= 4 is 40.3 Å². The Labute approximate surface area is 293 Å². The van der Waals surface area contributed by atoms with E-state index in [2.05, 4.69) is 20.6 Å². The summed E-state index contributed by atoms with van der Waals surface area (Å²) in [6.45, 7) is 7.29. The molecule has 1 aliphatic heterocycles. The van der Waals surface area contributed by atoms with Gasteiger partial charge in [-0.2, -0.15) is 17.6 Å². The number of allylic oxidation sites excluding steroid dienone is 3. The van der Waals surface area contributed by atoms with Crippen LogP contribution < -0.4 is 21.5 Å². The lowest BCUT2D eigenvalue weighted by atomic mass is 9.76. The fourth-order valence-electron chi connectivity index (χ4n) is 6.07. The molecule has 5 N–H and O–H groups in total. The number of carbonyl (C=O) groups excluding carboxylic acids is 2. The third kappa shape index (κ3) is 7.65. The average molecular weight is 741 g/mol. The van der Waals surface area contributed by atoms with E-state index >= 15 is 13.2 Å². The molecular formula is C34H38F6N6O6. The van der Waals surface area contributed by atoms with Crippen molar-refractivity contribution in [3.63, 3.8) is 0 Å². The Morgan fingerprint density at radius 2 is 1.71 bits per heavy atom. The fourth-order valence-corrected chi connectivity index (χ4v) is 6.07. The molecule has 18 heteroatoms. The van der Waals surface area contributed by atoms with E-state index in [0.29, 0.717) is 13.3 Å². The minimum Gasteiger partial charge on any atom is -0.480 e. The minimum absolute atomic E-state index is 0.0378. The lowest BCUT2D eigenvalue weighted by molar-refractivity contribution is -0.150. The smallest absolute Gasteiger partial charge is 0.331 e. The quantitative estimate of drug-likeness (QED) is 0.133. The van der Waals surface area contributed by atoms with Crippen LogP contribution in [-0.4, -0.2) is 62.4 Å². The van der Waals surface area contributed by atoms with Crippen LogP contribution >= 0.6 is 0 Å². The molecule has 1 aromatic heterocycles. The molecule has 1 aromatic carbocycles. The van der Waals surface area contributed by atoms with E-state index in [0.717, 1.165) is 18.2 Å². The molecule has 0 bridgehead atoms. The number of hydrogen-bond donors (Lipinski definition) is 5. The first-order chi connectivity index (χ1) is 23.8. The van der Waals surface area contributed by atoms with Crippen molar-refractivity contribution in [3.8, 4) is 0 Å². The summed E-state index contributed by atoms with van der Waals surface area (Å²) in [4.78, 5) is 59.3. The van der Waals surface area contributed by atoms with E-state index < -0.39 is 92.7 Å². The van der Waals surface area contributed by atoms with Crippen LogP contribution in [0.1, 0.15) is 73.1 Å². The number of nitrogens with zero attached hydrogens (tertiary/aromatic N) is 2. The Balaban J connectivity index is 1.17. The summed E-state index contributed by atoms with van der Waals surface area (Å²) >= 11 is 0. The number of aliphatic imine (C=N–C) groups is 1. The molecule has 52 heavy (non-hydrogen) atoms. The summed E-state index contributed by atoms with van der Waals surface area (Å²) in [6, 6.07) is 1.99. The van der Waals surface area contributed by atoms with E-state index in [1.54, 1.807) is 0 Å². The zero-order valence-corrected chi connectivity index (χ0v) is 29.1. The van der Waals surface area contributed by atoms with Crippen LogP contribution in [0.3, 0.4) is 0 Å². The molecule has 1 saturated carbocycles. The summed E-state index contributed by atoms with van der Waals surface area (Å²) in [5.74, 6) is -14.7. The van der Waals surface area contributed by atoms with Gasteiger partial charge >= 0.3 is 23.8 Å². The van der Waals surface area contributed by atoms with Gasteiger partial charge in [0.25, 0.3) is 5.56 Å². The molecule has 2 aromatic rings. The molecule has 282 valence electrons. The number of fused-ring (bicyclic) bond motifs is 2. The zero-order chi connectivity index (χ0) is 38.8. The maximum atomic E-state index is 15.2. The molecule has 1 amide bonds. The largest absolute Gasteiger partial charge is 0.480 e. The normalized spacial score (nSPS) is 22.3. The van der Waals surface area contributed by atoms with Crippen molar-refractivity contribution in [2.75, 3.05) is 11.9 Å².